The van der Waals surface area contributed by atoms with Gasteiger partial charge in [0.2, 0.25) is 0 Å². The molecule has 0 aliphatic carbocycles. The number of nitrogens with one attached hydrogen (secondary N) is 1. The van der Waals surface area contributed by atoms with Gasteiger partial charge < -0.3 is 15.0 Å². The van der Waals surface area contributed by atoms with E-state index in [1.54, 1.807) is 7.11 Å². The van der Waals surface area contributed by atoms with Crippen LogP contribution in [-0.4, -0.2) is 38.2 Å². The molecule has 0 spiro atoms. The van der Waals surface area contributed by atoms with Crippen LogP contribution in [-0.2, 0) is 6.54 Å². The molecule has 0 atom stereocenters. The van der Waals surface area contributed by atoms with Gasteiger partial charge in [0.25, 0.3) is 0 Å². The summed E-state index contributed by atoms with van der Waals surface area (Å²) in [4.78, 5) is 2.52. The van der Waals surface area contributed by atoms with Gasteiger partial charge in [0.1, 0.15) is 5.75 Å². The van der Waals surface area contributed by atoms with Crippen molar-refractivity contribution in [3.05, 3.63) is 28.2 Å². The Morgan fingerprint density at radius 3 is 2.78 bits per heavy atom. The van der Waals surface area contributed by atoms with Crippen LogP contribution in [0.4, 0.5) is 0 Å². The van der Waals surface area contributed by atoms with Crippen LogP contribution < -0.4 is 10.1 Å². The molecule has 1 heterocycles. The normalized spacial score (nSPS) is 16.1. The van der Waals surface area contributed by atoms with Gasteiger partial charge in [-0.2, -0.15) is 0 Å². The molecule has 18 heavy (non-hydrogen) atoms. The fraction of sp³-hybridized carbons (Fsp3) is 0.571. The molecule has 0 bridgehead atoms. The quantitative estimate of drug-likeness (QED) is 0.817. The maximum Gasteiger partial charge on any atom is 0.120 e. The second-order valence-corrected chi connectivity index (χ2v) is 5.54. The average Bonchev–Trinajstić information content (AvgIpc) is 2.89. The predicted molar refractivity (Wildman–Crippen MR) is 78.1 cm³/mol. The van der Waals surface area contributed by atoms with Crippen molar-refractivity contribution < 1.29 is 4.74 Å². The molecule has 1 aromatic rings. The second-order valence-electron chi connectivity index (χ2n) is 4.68. The zero-order valence-corrected chi connectivity index (χ0v) is 12.5. The standard InChI is InChI=1S/C14H21BrN2O/c1-18-13-5-4-12(14(15)10-13)11-16-6-9-17-7-2-3-8-17/h4-5,10,16H,2-3,6-9,11H2,1H3. The van der Waals surface area contributed by atoms with Gasteiger partial charge in [0.05, 0.1) is 7.11 Å². The molecule has 1 aromatic carbocycles. The van der Waals surface area contributed by atoms with Crippen LogP contribution in [0.3, 0.4) is 0 Å². The summed E-state index contributed by atoms with van der Waals surface area (Å²) in [7, 11) is 1.69. The molecule has 1 aliphatic rings. The molecule has 1 N–H and O–H groups in total. The Kier molecular flexibility index (Phi) is 5.47. The van der Waals surface area contributed by atoms with Gasteiger partial charge in [-0.05, 0) is 43.6 Å². The lowest BCUT2D eigenvalue weighted by molar-refractivity contribution is 0.335. The number of hydrogen-bond donors (Lipinski definition) is 1. The minimum atomic E-state index is 0.891. The number of halogens is 1. The van der Waals surface area contributed by atoms with E-state index in [0.717, 1.165) is 29.9 Å². The Bertz CT molecular complexity index is 378. The molecule has 0 radical (unpaired) electrons. The van der Waals surface area contributed by atoms with Crippen LogP contribution in [0.5, 0.6) is 5.75 Å². The molecule has 100 valence electrons. The number of ether oxygens (including phenoxy) is 1. The van der Waals surface area contributed by atoms with Crippen LogP contribution in [0.15, 0.2) is 22.7 Å². The van der Waals surface area contributed by atoms with Crippen molar-refractivity contribution in [2.75, 3.05) is 33.3 Å². The number of likely N-dealkylation sites (tertiary alicyclic amines) is 1. The van der Waals surface area contributed by atoms with Gasteiger partial charge in [-0.25, -0.2) is 0 Å². The lowest BCUT2D eigenvalue weighted by Gasteiger charge is -2.15. The molecule has 1 aliphatic heterocycles. The topological polar surface area (TPSA) is 24.5 Å². The van der Waals surface area contributed by atoms with Crippen LogP contribution in [0, 0.1) is 0 Å². The van der Waals surface area contributed by atoms with E-state index < -0.39 is 0 Å². The van der Waals surface area contributed by atoms with Gasteiger partial charge >= 0.3 is 0 Å². The summed E-state index contributed by atoms with van der Waals surface area (Å²) in [5.74, 6) is 0.891. The van der Waals surface area contributed by atoms with Crippen LogP contribution >= 0.6 is 15.9 Å². The fourth-order valence-corrected chi connectivity index (χ4v) is 2.76. The first-order chi connectivity index (χ1) is 8.79. The van der Waals surface area contributed by atoms with E-state index in [9.17, 15) is 0 Å². The first-order valence-corrected chi connectivity index (χ1v) is 7.34. The highest BCUT2D eigenvalue weighted by atomic mass is 79.9. The van der Waals surface area contributed by atoms with Gasteiger partial charge in [0, 0.05) is 24.1 Å². The number of methoxy groups -OCH3 is 1. The third-order valence-corrected chi connectivity index (χ3v) is 4.12. The third kappa shape index (κ3) is 3.97. The summed E-state index contributed by atoms with van der Waals surface area (Å²) in [5.41, 5.74) is 1.28. The first kappa shape index (κ1) is 13.8. The third-order valence-electron chi connectivity index (χ3n) is 3.38. The average molecular weight is 313 g/mol. The summed E-state index contributed by atoms with van der Waals surface area (Å²) in [6.45, 7) is 5.66. The lowest BCUT2D eigenvalue weighted by Crippen LogP contribution is -2.29. The molecule has 0 amide bonds. The minimum absolute atomic E-state index is 0.891. The number of nitrogens with zero attached hydrogens (tertiary/aromatic N) is 1. The summed E-state index contributed by atoms with van der Waals surface area (Å²) >= 11 is 3.58. The van der Waals surface area contributed by atoms with E-state index in [4.69, 9.17) is 4.74 Å². The number of rotatable bonds is 6. The van der Waals surface area contributed by atoms with E-state index in [1.165, 1.54) is 31.5 Å². The summed E-state index contributed by atoms with van der Waals surface area (Å²) in [6, 6.07) is 6.12. The Balaban J connectivity index is 1.72. The smallest absolute Gasteiger partial charge is 0.120 e. The molecule has 0 aromatic heterocycles. The van der Waals surface area contributed by atoms with Crippen molar-refractivity contribution in [3.8, 4) is 5.75 Å². The lowest BCUT2D eigenvalue weighted by atomic mass is 10.2. The summed E-state index contributed by atoms with van der Waals surface area (Å²) in [5, 5.41) is 3.49. The predicted octanol–water partition coefficient (Wildman–Crippen LogP) is 2.64. The summed E-state index contributed by atoms with van der Waals surface area (Å²) < 4.78 is 6.29. The molecule has 3 nitrogen and oxygen atoms in total. The van der Waals surface area contributed by atoms with Gasteiger partial charge in [0.15, 0.2) is 0 Å². The Hall–Kier alpha value is -0.580. The molecule has 2 rings (SSSR count). The summed E-state index contributed by atoms with van der Waals surface area (Å²) in [6.07, 6.45) is 2.73. The Labute approximate surface area is 118 Å². The van der Waals surface area contributed by atoms with E-state index in [-0.39, 0.29) is 0 Å². The highest BCUT2D eigenvalue weighted by Crippen LogP contribution is 2.22. The molecular weight excluding hydrogens is 292 g/mol. The van der Waals surface area contributed by atoms with Crippen molar-refractivity contribution in [3.63, 3.8) is 0 Å². The highest BCUT2D eigenvalue weighted by Gasteiger charge is 2.10. The van der Waals surface area contributed by atoms with Crippen LogP contribution in [0.25, 0.3) is 0 Å². The van der Waals surface area contributed by atoms with Gasteiger partial charge in [-0.1, -0.05) is 22.0 Å². The van der Waals surface area contributed by atoms with E-state index in [1.807, 2.05) is 12.1 Å². The minimum Gasteiger partial charge on any atom is -0.497 e. The number of hydrogen-bond acceptors (Lipinski definition) is 3. The zero-order chi connectivity index (χ0) is 12.8. The van der Waals surface area contributed by atoms with Gasteiger partial charge in [-0.15, -0.1) is 0 Å². The Morgan fingerprint density at radius 2 is 2.11 bits per heavy atom. The number of benzene rings is 1. The maximum atomic E-state index is 5.19. The van der Waals surface area contributed by atoms with Crippen molar-refractivity contribution >= 4 is 15.9 Å². The Morgan fingerprint density at radius 1 is 1.33 bits per heavy atom. The monoisotopic (exact) mass is 312 g/mol. The van der Waals surface area contributed by atoms with E-state index in [0.29, 0.717) is 0 Å². The maximum absolute atomic E-state index is 5.19. The second kappa shape index (κ2) is 7.12. The fourth-order valence-electron chi connectivity index (χ4n) is 2.26. The molecule has 1 saturated heterocycles. The molecule has 4 heteroatoms. The largest absolute Gasteiger partial charge is 0.497 e. The molecular formula is C14H21BrN2O. The first-order valence-electron chi connectivity index (χ1n) is 6.55. The molecule has 0 unspecified atom stereocenters. The van der Waals surface area contributed by atoms with E-state index in [2.05, 4.69) is 32.2 Å². The van der Waals surface area contributed by atoms with Crippen molar-refractivity contribution in [1.82, 2.24) is 10.2 Å². The molecule has 1 fully saturated rings. The van der Waals surface area contributed by atoms with Crippen molar-refractivity contribution in [1.29, 1.82) is 0 Å². The van der Waals surface area contributed by atoms with Crippen molar-refractivity contribution in [2.45, 2.75) is 19.4 Å². The van der Waals surface area contributed by atoms with Crippen molar-refractivity contribution in [2.24, 2.45) is 0 Å². The zero-order valence-electron chi connectivity index (χ0n) is 10.9. The molecule has 0 saturated carbocycles. The van der Waals surface area contributed by atoms with Gasteiger partial charge in [-0.3, -0.25) is 0 Å². The SMILES string of the molecule is COc1ccc(CNCCN2CCCC2)c(Br)c1. The highest BCUT2D eigenvalue weighted by molar-refractivity contribution is 9.10. The van der Waals surface area contributed by atoms with Crippen LogP contribution in [0.2, 0.25) is 0 Å². The van der Waals surface area contributed by atoms with Crippen LogP contribution in [0.1, 0.15) is 18.4 Å². The van der Waals surface area contributed by atoms with E-state index >= 15 is 0 Å².